The number of carbonyl (C=O) groups is 1. The largest absolute Gasteiger partial charge is 0.496 e. The van der Waals surface area contributed by atoms with Gasteiger partial charge in [-0.2, -0.15) is 0 Å². The Morgan fingerprint density at radius 3 is 2.67 bits per heavy atom. The summed E-state index contributed by atoms with van der Waals surface area (Å²) in [5.41, 5.74) is 1.66. The first-order valence-corrected chi connectivity index (χ1v) is 8.91. The summed E-state index contributed by atoms with van der Waals surface area (Å²) in [6.45, 7) is 3.72. The van der Waals surface area contributed by atoms with E-state index < -0.39 is 0 Å². The number of aliphatic hydroxyl groups excluding tert-OH is 1. The van der Waals surface area contributed by atoms with Crippen LogP contribution in [-0.2, 0) is 0 Å². The lowest BCUT2D eigenvalue weighted by Gasteiger charge is -2.38. The number of methoxy groups -OCH3 is 1. The number of hydrogen-bond acceptors (Lipinski definition) is 4. The molecule has 5 heteroatoms. The summed E-state index contributed by atoms with van der Waals surface area (Å²) in [6.07, 6.45) is 4.67. The quantitative estimate of drug-likeness (QED) is 0.836. The zero-order chi connectivity index (χ0) is 17.1. The number of nitrogens with zero attached hydrogens (tertiary/aromatic N) is 1. The molecule has 2 aliphatic heterocycles. The van der Waals surface area contributed by atoms with Crippen LogP contribution in [0.2, 0.25) is 0 Å². The van der Waals surface area contributed by atoms with Gasteiger partial charge in [0.2, 0.25) is 0 Å². The van der Waals surface area contributed by atoms with Crippen LogP contribution in [-0.4, -0.2) is 54.8 Å². The standard InChI is InChI=1S/C19H28N2O3/c1-13-3-6-18(24-2)17(9-13)19(23)20-12-14-10-15-4-5-16(11-14)21(15)7-8-22/h3,6,9,14-16,22H,4-5,7-8,10-12H2,1-2H3,(H,20,23)/t14?,15-,16+. The molecule has 132 valence electrons. The number of ether oxygens (including phenoxy) is 1. The minimum Gasteiger partial charge on any atom is -0.496 e. The summed E-state index contributed by atoms with van der Waals surface area (Å²) in [5, 5.41) is 12.3. The van der Waals surface area contributed by atoms with Crippen LogP contribution >= 0.6 is 0 Å². The second-order valence-corrected chi connectivity index (χ2v) is 7.10. The average molecular weight is 332 g/mol. The highest BCUT2D eigenvalue weighted by Crippen LogP contribution is 2.38. The minimum absolute atomic E-state index is 0.0549. The molecule has 2 N–H and O–H groups in total. The predicted octanol–water partition coefficient (Wildman–Crippen LogP) is 1.97. The van der Waals surface area contributed by atoms with E-state index in [1.54, 1.807) is 7.11 Å². The molecule has 0 aliphatic carbocycles. The molecule has 5 nitrogen and oxygen atoms in total. The van der Waals surface area contributed by atoms with Crippen LogP contribution in [0.25, 0.3) is 0 Å². The van der Waals surface area contributed by atoms with Crippen LogP contribution in [0.4, 0.5) is 0 Å². The van der Waals surface area contributed by atoms with Crippen LogP contribution in [0.5, 0.6) is 5.75 Å². The fourth-order valence-corrected chi connectivity index (χ4v) is 4.37. The highest BCUT2D eigenvalue weighted by atomic mass is 16.5. The van der Waals surface area contributed by atoms with Crippen molar-refractivity contribution < 1.29 is 14.6 Å². The molecule has 0 aromatic heterocycles. The molecule has 2 aliphatic rings. The molecule has 0 radical (unpaired) electrons. The van der Waals surface area contributed by atoms with Crippen molar-refractivity contribution >= 4 is 5.91 Å². The molecule has 1 aromatic carbocycles. The van der Waals surface area contributed by atoms with Crippen molar-refractivity contribution in [2.45, 2.75) is 44.7 Å². The lowest BCUT2D eigenvalue weighted by Crippen LogP contribution is -2.46. The van der Waals surface area contributed by atoms with Gasteiger partial charge >= 0.3 is 0 Å². The normalized spacial score (nSPS) is 26.4. The lowest BCUT2D eigenvalue weighted by atomic mass is 9.90. The van der Waals surface area contributed by atoms with Crippen molar-refractivity contribution in [1.29, 1.82) is 0 Å². The van der Waals surface area contributed by atoms with E-state index in [9.17, 15) is 9.90 Å². The Morgan fingerprint density at radius 1 is 1.33 bits per heavy atom. The Labute approximate surface area is 144 Å². The number of rotatable bonds is 6. The number of fused-ring (bicyclic) bond motifs is 2. The number of nitrogens with one attached hydrogen (secondary N) is 1. The monoisotopic (exact) mass is 332 g/mol. The van der Waals surface area contributed by atoms with Gasteiger partial charge in [-0.1, -0.05) is 11.6 Å². The fraction of sp³-hybridized carbons (Fsp3) is 0.632. The zero-order valence-corrected chi connectivity index (χ0v) is 14.6. The Balaban J connectivity index is 1.57. The molecular formula is C19H28N2O3. The van der Waals surface area contributed by atoms with Gasteiger partial charge < -0.3 is 15.2 Å². The van der Waals surface area contributed by atoms with Crippen molar-refractivity contribution in [3.63, 3.8) is 0 Å². The molecule has 2 saturated heterocycles. The Kier molecular flexibility index (Phi) is 5.41. The van der Waals surface area contributed by atoms with Gasteiger partial charge in [-0.05, 0) is 50.7 Å². The van der Waals surface area contributed by atoms with E-state index >= 15 is 0 Å². The van der Waals surface area contributed by atoms with Crippen molar-refractivity contribution in [2.24, 2.45) is 5.92 Å². The van der Waals surface area contributed by atoms with Crippen LogP contribution in [0.1, 0.15) is 41.6 Å². The highest BCUT2D eigenvalue weighted by molar-refractivity contribution is 5.97. The molecular weight excluding hydrogens is 304 g/mol. The molecule has 0 spiro atoms. The Bertz CT molecular complexity index is 576. The van der Waals surface area contributed by atoms with E-state index in [4.69, 9.17) is 4.74 Å². The number of amides is 1. The number of hydrogen-bond donors (Lipinski definition) is 2. The second kappa shape index (κ2) is 7.53. The van der Waals surface area contributed by atoms with Gasteiger partial charge in [0, 0.05) is 25.2 Å². The summed E-state index contributed by atoms with van der Waals surface area (Å²) in [6, 6.07) is 6.82. The summed E-state index contributed by atoms with van der Waals surface area (Å²) in [5.74, 6) is 1.09. The fourth-order valence-electron chi connectivity index (χ4n) is 4.37. The SMILES string of the molecule is COc1ccc(C)cc1C(=O)NCC1C[C@H]2CC[C@@H](C1)N2CCO. The van der Waals surface area contributed by atoms with Crippen molar-refractivity contribution in [3.8, 4) is 5.75 Å². The number of piperidine rings is 1. The maximum atomic E-state index is 12.5. The highest BCUT2D eigenvalue weighted by Gasteiger charge is 2.40. The average Bonchev–Trinajstić information content (AvgIpc) is 2.82. The Morgan fingerprint density at radius 2 is 2.04 bits per heavy atom. The summed E-state index contributed by atoms with van der Waals surface area (Å²) in [4.78, 5) is 15.0. The van der Waals surface area contributed by atoms with Crippen LogP contribution in [0, 0.1) is 12.8 Å². The minimum atomic E-state index is -0.0549. The van der Waals surface area contributed by atoms with E-state index in [0.717, 1.165) is 31.5 Å². The maximum absolute atomic E-state index is 12.5. The van der Waals surface area contributed by atoms with Gasteiger partial charge in [-0.25, -0.2) is 0 Å². The zero-order valence-electron chi connectivity index (χ0n) is 14.6. The first-order valence-electron chi connectivity index (χ1n) is 8.91. The van der Waals surface area contributed by atoms with Gasteiger partial charge in [-0.15, -0.1) is 0 Å². The number of aryl methyl sites for hydroxylation is 1. The molecule has 1 aromatic rings. The molecule has 1 amide bonds. The van der Waals surface area contributed by atoms with E-state index in [-0.39, 0.29) is 12.5 Å². The summed E-state index contributed by atoms with van der Waals surface area (Å²) >= 11 is 0. The summed E-state index contributed by atoms with van der Waals surface area (Å²) < 4.78 is 5.31. The second-order valence-electron chi connectivity index (χ2n) is 7.10. The van der Waals surface area contributed by atoms with Gasteiger partial charge in [-0.3, -0.25) is 9.69 Å². The lowest BCUT2D eigenvalue weighted by molar-refractivity contribution is 0.0776. The number of carbonyl (C=O) groups excluding carboxylic acids is 1. The van der Waals surface area contributed by atoms with Crippen LogP contribution < -0.4 is 10.1 Å². The van der Waals surface area contributed by atoms with Crippen molar-refractivity contribution in [2.75, 3.05) is 26.8 Å². The van der Waals surface area contributed by atoms with Crippen LogP contribution in [0.3, 0.4) is 0 Å². The molecule has 24 heavy (non-hydrogen) atoms. The van der Waals surface area contributed by atoms with Gasteiger partial charge in [0.25, 0.3) is 5.91 Å². The summed E-state index contributed by atoms with van der Waals surface area (Å²) in [7, 11) is 1.59. The first-order chi connectivity index (χ1) is 11.6. The first kappa shape index (κ1) is 17.2. The topological polar surface area (TPSA) is 61.8 Å². The third-order valence-electron chi connectivity index (χ3n) is 5.49. The van der Waals surface area contributed by atoms with Gasteiger partial charge in [0.15, 0.2) is 0 Å². The molecule has 0 saturated carbocycles. The van der Waals surface area contributed by atoms with E-state index in [1.165, 1.54) is 12.8 Å². The van der Waals surface area contributed by atoms with Gasteiger partial charge in [0.05, 0.1) is 19.3 Å². The van der Waals surface area contributed by atoms with Gasteiger partial charge in [0.1, 0.15) is 5.75 Å². The molecule has 1 unspecified atom stereocenters. The molecule has 2 bridgehead atoms. The predicted molar refractivity (Wildman–Crippen MR) is 93.4 cm³/mol. The van der Waals surface area contributed by atoms with E-state index in [2.05, 4.69) is 10.2 Å². The smallest absolute Gasteiger partial charge is 0.255 e. The Hall–Kier alpha value is -1.59. The van der Waals surface area contributed by atoms with Crippen molar-refractivity contribution in [3.05, 3.63) is 29.3 Å². The maximum Gasteiger partial charge on any atom is 0.255 e. The number of aliphatic hydroxyl groups is 1. The molecule has 3 atom stereocenters. The number of benzene rings is 1. The van der Waals surface area contributed by atoms with Crippen LogP contribution in [0.15, 0.2) is 18.2 Å². The molecule has 2 heterocycles. The van der Waals surface area contributed by atoms with Crippen molar-refractivity contribution in [1.82, 2.24) is 10.2 Å². The van der Waals surface area contributed by atoms with E-state index in [1.807, 2.05) is 25.1 Å². The molecule has 2 fully saturated rings. The third kappa shape index (κ3) is 3.57. The molecule has 3 rings (SSSR count). The third-order valence-corrected chi connectivity index (χ3v) is 5.49. The van der Waals surface area contributed by atoms with E-state index in [0.29, 0.717) is 29.3 Å².